The summed E-state index contributed by atoms with van der Waals surface area (Å²) in [4.78, 5) is 45.9. The summed E-state index contributed by atoms with van der Waals surface area (Å²) in [5.41, 5.74) is 5.33. The van der Waals surface area contributed by atoms with Crippen LogP contribution < -0.4 is 5.73 Å². The normalized spacial score (nSPS) is 13.8. The number of phosphoric acid groups is 1. The Morgan fingerprint density at radius 3 is 1.33 bits per heavy atom. The van der Waals surface area contributed by atoms with E-state index in [1.165, 1.54) is 135 Å². The van der Waals surface area contributed by atoms with Crippen LogP contribution in [0, 0.1) is 0 Å². The molecule has 0 saturated carbocycles. The number of ether oxygens (including phenoxy) is 2. The molecule has 0 aliphatic carbocycles. The van der Waals surface area contributed by atoms with Gasteiger partial charge < -0.3 is 25.2 Å². The van der Waals surface area contributed by atoms with Crippen LogP contribution in [0.25, 0.3) is 0 Å². The molecule has 4 N–H and O–H groups in total. The molecular weight excluding hydrogens is 721 g/mol. The van der Waals surface area contributed by atoms with E-state index in [9.17, 15) is 23.8 Å². The lowest BCUT2D eigenvalue weighted by Gasteiger charge is -2.20. The maximum Gasteiger partial charge on any atom is 0.472 e. The van der Waals surface area contributed by atoms with Crippen LogP contribution in [-0.4, -0.2) is 59.9 Å². The van der Waals surface area contributed by atoms with Crippen LogP contribution in [0.1, 0.15) is 213 Å². The summed E-state index contributed by atoms with van der Waals surface area (Å²) in [5.74, 6) is -2.37. The van der Waals surface area contributed by atoms with Crippen LogP contribution in [-0.2, 0) is 37.5 Å². The molecule has 0 spiro atoms. The number of unbranched alkanes of at least 4 members (excludes halogenated alkanes) is 26. The number of aliphatic carboxylic acids is 1. The third-order valence-corrected chi connectivity index (χ3v) is 10.7. The number of carbonyl (C=O) groups excluding carboxylic acids is 2. The zero-order valence-corrected chi connectivity index (χ0v) is 35.9. The number of phosphoric ester groups is 1. The number of allylic oxidation sites excluding steroid dienone is 2. The summed E-state index contributed by atoms with van der Waals surface area (Å²) in [6.45, 7) is 2.80. The van der Waals surface area contributed by atoms with E-state index in [1.807, 2.05) is 0 Å². The SMILES string of the molecule is CCCCCCCC/C=C/CCCCCCCCCCCCCC(=O)O[C@@H](COC(=O)CCCCCCCCCCCC)COP(=O)(O)OC[C@H](N)C(=O)O. The number of carbonyl (C=O) groups is 3. The van der Waals surface area contributed by atoms with Gasteiger partial charge in [0, 0.05) is 12.8 Å². The highest BCUT2D eigenvalue weighted by Crippen LogP contribution is 2.43. The van der Waals surface area contributed by atoms with Crippen LogP contribution in [0.3, 0.4) is 0 Å². The van der Waals surface area contributed by atoms with Crippen molar-refractivity contribution in [2.75, 3.05) is 19.8 Å². The van der Waals surface area contributed by atoms with Crippen LogP contribution >= 0.6 is 7.82 Å². The number of hydrogen-bond donors (Lipinski definition) is 3. The maximum absolute atomic E-state index is 12.6. The van der Waals surface area contributed by atoms with Gasteiger partial charge in [0.25, 0.3) is 0 Å². The van der Waals surface area contributed by atoms with Gasteiger partial charge in [-0.15, -0.1) is 0 Å². The summed E-state index contributed by atoms with van der Waals surface area (Å²) in [5, 5.41) is 8.88. The Hall–Kier alpha value is -1.78. The van der Waals surface area contributed by atoms with Crippen molar-refractivity contribution in [2.24, 2.45) is 5.73 Å². The average Bonchev–Trinajstić information content (AvgIpc) is 3.16. The zero-order valence-electron chi connectivity index (χ0n) is 35.0. The lowest BCUT2D eigenvalue weighted by atomic mass is 10.0. The monoisotopic (exact) mass is 804 g/mol. The van der Waals surface area contributed by atoms with Crippen LogP contribution in [0.5, 0.6) is 0 Å². The highest BCUT2D eigenvalue weighted by Gasteiger charge is 2.28. The largest absolute Gasteiger partial charge is 0.480 e. The van der Waals surface area contributed by atoms with Gasteiger partial charge in [-0.05, 0) is 38.5 Å². The number of carboxylic acid groups (broad SMARTS) is 1. The van der Waals surface area contributed by atoms with Crippen molar-refractivity contribution < 1.29 is 47.5 Å². The quantitative estimate of drug-likeness (QED) is 0.0232. The van der Waals surface area contributed by atoms with Crippen LogP contribution in [0.4, 0.5) is 0 Å². The molecule has 3 atom stereocenters. The maximum atomic E-state index is 12.6. The van der Waals surface area contributed by atoms with E-state index in [2.05, 4.69) is 30.5 Å². The average molecular weight is 804 g/mol. The molecule has 1 unspecified atom stereocenters. The lowest BCUT2D eigenvalue weighted by molar-refractivity contribution is -0.161. The summed E-state index contributed by atoms with van der Waals surface area (Å²) >= 11 is 0. The molecular formula is C43H82NO10P. The van der Waals surface area contributed by atoms with Crippen LogP contribution in [0.15, 0.2) is 12.2 Å². The molecule has 11 nitrogen and oxygen atoms in total. The second kappa shape index (κ2) is 39.1. The molecule has 324 valence electrons. The standard InChI is InChI=1S/C43H82NO10P/c1-3-5-7-9-11-13-15-16-17-18-19-20-21-22-23-24-25-27-29-31-33-35-42(46)54-39(37-52-55(49,50)53-38-40(44)43(47)48)36-51-41(45)34-32-30-28-26-14-12-10-8-6-4-2/h16-17,39-40H,3-15,18-38,44H2,1-2H3,(H,47,48)(H,49,50)/b17-16+/t39-,40-/m0/s1. The van der Waals surface area contributed by atoms with E-state index in [0.29, 0.717) is 12.8 Å². The van der Waals surface area contributed by atoms with Gasteiger partial charge in [0.2, 0.25) is 0 Å². The van der Waals surface area contributed by atoms with Crippen LogP contribution in [0.2, 0.25) is 0 Å². The van der Waals surface area contributed by atoms with Gasteiger partial charge in [0.15, 0.2) is 6.10 Å². The van der Waals surface area contributed by atoms with Crippen molar-refractivity contribution in [1.82, 2.24) is 0 Å². The molecule has 55 heavy (non-hydrogen) atoms. The first kappa shape index (κ1) is 53.2. The molecule has 0 aromatic carbocycles. The minimum absolute atomic E-state index is 0.165. The van der Waals surface area contributed by atoms with Crippen molar-refractivity contribution in [3.8, 4) is 0 Å². The number of carboxylic acids is 1. The lowest BCUT2D eigenvalue weighted by Crippen LogP contribution is -2.34. The third kappa shape index (κ3) is 38.9. The second-order valence-electron chi connectivity index (χ2n) is 15.2. The minimum atomic E-state index is -4.71. The van der Waals surface area contributed by atoms with E-state index in [0.717, 1.165) is 38.5 Å². The van der Waals surface area contributed by atoms with E-state index in [-0.39, 0.29) is 19.4 Å². The summed E-state index contributed by atoms with van der Waals surface area (Å²) < 4.78 is 32.7. The summed E-state index contributed by atoms with van der Waals surface area (Å²) in [6, 6.07) is -1.52. The first-order chi connectivity index (χ1) is 26.6. The van der Waals surface area contributed by atoms with Crippen molar-refractivity contribution >= 4 is 25.7 Å². The van der Waals surface area contributed by atoms with Gasteiger partial charge in [0.05, 0.1) is 13.2 Å². The fourth-order valence-corrected chi connectivity index (χ4v) is 7.02. The Balaban J connectivity index is 4.24. The molecule has 0 saturated heterocycles. The highest BCUT2D eigenvalue weighted by atomic mass is 31.2. The van der Waals surface area contributed by atoms with Crippen molar-refractivity contribution in [3.63, 3.8) is 0 Å². The fraction of sp³-hybridized carbons (Fsp3) is 0.884. The van der Waals surface area contributed by atoms with Gasteiger partial charge in [0.1, 0.15) is 12.6 Å². The molecule has 0 rings (SSSR count). The number of esters is 2. The summed E-state index contributed by atoms with van der Waals surface area (Å²) in [7, 11) is -4.71. The molecule has 0 aromatic heterocycles. The Morgan fingerprint density at radius 2 is 0.909 bits per heavy atom. The van der Waals surface area contributed by atoms with Crippen molar-refractivity contribution in [1.29, 1.82) is 0 Å². The molecule has 0 bridgehead atoms. The Bertz CT molecular complexity index is 995. The molecule has 0 fully saturated rings. The molecule has 0 heterocycles. The van der Waals surface area contributed by atoms with Crippen molar-refractivity contribution in [2.45, 2.75) is 225 Å². The number of nitrogens with two attached hydrogens (primary N) is 1. The predicted octanol–water partition coefficient (Wildman–Crippen LogP) is 11.7. The molecule has 12 heteroatoms. The predicted molar refractivity (Wildman–Crippen MR) is 222 cm³/mol. The first-order valence-electron chi connectivity index (χ1n) is 22.2. The minimum Gasteiger partial charge on any atom is -0.480 e. The molecule has 0 aliphatic heterocycles. The topological polar surface area (TPSA) is 172 Å². The zero-order chi connectivity index (χ0) is 40.7. The third-order valence-electron chi connectivity index (χ3n) is 9.76. The van der Waals surface area contributed by atoms with Gasteiger partial charge in [-0.25, -0.2) is 4.57 Å². The van der Waals surface area contributed by atoms with E-state index in [4.69, 9.17) is 24.8 Å². The van der Waals surface area contributed by atoms with Gasteiger partial charge >= 0.3 is 25.7 Å². The smallest absolute Gasteiger partial charge is 0.472 e. The summed E-state index contributed by atoms with van der Waals surface area (Å²) in [6.07, 6.45) is 38.5. The van der Waals surface area contributed by atoms with Gasteiger partial charge in [-0.2, -0.15) is 0 Å². The molecule has 0 aliphatic rings. The van der Waals surface area contributed by atoms with E-state index < -0.39 is 51.1 Å². The van der Waals surface area contributed by atoms with E-state index in [1.54, 1.807) is 0 Å². The van der Waals surface area contributed by atoms with E-state index >= 15 is 0 Å². The second-order valence-corrected chi connectivity index (χ2v) is 16.6. The Labute approximate surface area is 335 Å². The molecule has 0 amide bonds. The first-order valence-corrected chi connectivity index (χ1v) is 23.7. The fourth-order valence-electron chi connectivity index (χ4n) is 6.24. The molecule has 0 aromatic rings. The molecule has 0 radical (unpaired) electrons. The Morgan fingerprint density at radius 1 is 0.545 bits per heavy atom. The van der Waals surface area contributed by atoms with Crippen molar-refractivity contribution in [3.05, 3.63) is 12.2 Å². The highest BCUT2D eigenvalue weighted by molar-refractivity contribution is 7.47. The number of rotatable bonds is 42. The Kier molecular flexibility index (Phi) is 37.8. The van der Waals surface area contributed by atoms with Gasteiger partial charge in [-0.3, -0.25) is 23.4 Å². The van der Waals surface area contributed by atoms with Gasteiger partial charge in [-0.1, -0.05) is 174 Å². The number of hydrogen-bond acceptors (Lipinski definition) is 9.